The van der Waals surface area contributed by atoms with Gasteiger partial charge in [-0.1, -0.05) is 7.00 Å². The molecule has 0 saturated heterocycles. The second kappa shape index (κ2) is 8.95. The number of rotatable bonds is 0. The van der Waals surface area contributed by atoms with Gasteiger partial charge in [-0.05, 0) is 0 Å². The minimum Gasteiger partial charge on any atom is -0.369 e. The zero-order chi connectivity index (χ0) is 2.71. The average Bonchev–Trinajstić information content (AvgIpc) is 0.918. The molecule has 0 bridgehead atoms. The Labute approximate surface area is 42.0 Å². The summed E-state index contributed by atoms with van der Waals surface area (Å²) in [7, 11) is 2.34. The van der Waals surface area contributed by atoms with Crippen LogP contribution in [0.5, 0.6) is 0 Å². The Morgan fingerprint density at radius 2 is 1.75 bits per heavy atom. The van der Waals surface area contributed by atoms with Gasteiger partial charge < -0.3 is 6.82 Å². The van der Waals surface area contributed by atoms with E-state index < -0.39 is 0 Å². The minimum atomic E-state index is 0. The van der Waals surface area contributed by atoms with Crippen molar-refractivity contribution in [1.29, 1.82) is 0 Å². The Kier molecular flexibility index (Phi) is 19.9. The molecule has 0 spiro atoms. The number of hydrogen-bond acceptors (Lipinski definition) is 0. The first-order valence-corrected chi connectivity index (χ1v) is 1.41. The summed E-state index contributed by atoms with van der Waals surface area (Å²) in [6.45, 7) is 4.99. The molecule has 2 radical (unpaired) electrons. The van der Waals surface area contributed by atoms with E-state index in [2.05, 4.69) is 15.9 Å². The van der Waals surface area contributed by atoms with E-state index in [4.69, 9.17) is 0 Å². The molecule has 4 heavy (non-hydrogen) atoms. The fraction of sp³-hybridized carbons (Fsp3) is 0. The third-order valence-electron chi connectivity index (χ3n) is 0. The van der Waals surface area contributed by atoms with Gasteiger partial charge in [-0.3, -0.25) is 0 Å². The minimum absolute atomic E-state index is 0. The van der Waals surface area contributed by atoms with Crippen molar-refractivity contribution in [3.05, 3.63) is 6.82 Å². The Morgan fingerprint density at radius 3 is 1.75 bits per heavy atom. The van der Waals surface area contributed by atoms with E-state index in [-0.39, 0.29) is 18.6 Å². The summed E-state index contributed by atoms with van der Waals surface area (Å²) in [5.74, 6) is 0. The first kappa shape index (κ1) is 8.91. The predicted octanol–water partition coefficient (Wildman–Crippen LogP) is 0.270. The fourth-order valence-corrected chi connectivity index (χ4v) is 0. The van der Waals surface area contributed by atoms with Crippen LogP contribution in [0.1, 0.15) is 0 Å². The monoisotopic (exact) mass is 109 g/mol. The van der Waals surface area contributed by atoms with E-state index in [1.807, 2.05) is 0 Å². The van der Waals surface area contributed by atoms with Crippen LogP contribution in [0.25, 0.3) is 0 Å². The van der Waals surface area contributed by atoms with Gasteiger partial charge in [0.2, 0.25) is 0 Å². The maximum absolute atomic E-state index is 3.32. The van der Waals surface area contributed by atoms with Crippen LogP contribution in [-0.4, -0.2) is 7.00 Å². The topological polar surface area (TPSA) is 0 Å². The van der Waals surface area contributed by atoms with E-state index in [1.165, 1.54) is 0 Å². The smallest absolute Gasteiger partial charge is 0 e. The van der Waals surface area contributed by atoms with Crippen molar-refractivity contribution in [2.24, 2.45) is 0 Å². The first-order chi connectivity index (χ1) is 1.41. The molecule has 0 rings (SSSR count). The molecule has 0 aliphatic rings. The molecule has 0 aromatic carbocycles. The van der Waals surface area contributed by atoms with Crippen LogP contribution < -0.4 is 0 Å². The summed E-state index contributed by atoms with van der Waals surface area (Å²) in [5.41, 5.74) is 0. The SMILES string of the molecule is [CH2-][B]P.[V]. The maximum Gasteiger partial charge on any atom is 0 e. The summed E-state index contributed by atoms with van der Waals surface area (Å²) in [6.07, 6.45) is 0. The van der Waals surface area contributed by atoms with Crippen molar-refractivity contribution in [3.8, 4) is 0 Å². The molecule has 0 heterocycles. The zero-order valence-electron chi connectivity index (χ0n) is 2.31. The van der Waals surface area contributed by atoms with E-state index in [9.17, 15) is 0 Å². The third-order valence-corrected chi connectivity index (χ3v) is 0. The van der Waals surface area contributed by atoms with Crippen LogP contribution in [0.15, 0.2) is 0 Å². The van der Waals surface area contributed by atoms with Crippen molar-refractivity contribution in [1.82, 2.24) is 0 Å². The molecule has 0 aromatic rings. The molecule has 0 aromatic heterocycles. The van der Waals surface area contributed by atoms with E-state index in [0.717, 1.165) is 0 Å². The standard InChI is InChI=1S/CH4BP.V/c1-2-3;/h1,3H2;/q-1;. The number of hydrogen-bond donors (Lipinski definition) is 0. The van der Waals surface area contributed by atoms with Gasteiger partial charge in [0.15, 0.2) is 0 Å². The molecule has 22 valence electrons. The second-order valence-electron chi connectivity index (χ2n) is 0.236. The molecule has 0 aliphatic heterocycles. The first-order valence-electron chi connectivity index (χ1n) is 0.742. The normalized spacial score (nSPS) is 3.50. The molecule has 0 N–H and O–H groups in total. The quantitative estimate of drug-likeness (QED) is 0.238. The molecule has 0 fully saturated rings. The van der Waals surface area contributed by atoms with Crippen molar-refractivity contribution in [3.63, 3.8) is 0 Å². The van der Waals surface area contributed by atoms with E-state index >= 15 is 0 Å². The maximum atomic E-state index is 3.32. The van der Waals surface area contributed by atoms with Gasteiger partial charge in [0.25, 0.3) is 0 Å². The summed E-state index contributed by atoms with van der Waals surface area (Å²) >= 11 is 0. The van der Waals surface area contributed by atoms with Gasteiger partial charge >= 0.3 is 0 Å². The van der Waals surface area contributed by atoms with Gasteiger partial charge in [-0.2, -0.15) is 0 Å². The van der Waals surface area contributed by atoms with Crippen molar-refractivity contribution in [2.75, 3.05) is 0 Å². The molecule has 1 atom stereocenters. The summed E-state index contributed by atoms with van der Waals surface area (Å²) in [5, 5.41) is 0. The molecule has 0 nitrogen and oxygen atoms in total. The second-order valence-corrected chi connectivity index (χ2v) is 0.707. The van der Waals surface area contributed by atoms with Crippen molar-refractivity contribution < 1.29 is 18.6 Å². The van der Waals surface area contributed by atoms with Gasteiger partial charge in [0.05, 0.1) is 0 Å². The van der Waals surface area contributed by atoms with Crippen LogP contribution in [0.4, 0.5) is 0 Å². The van der Waals surface area contributed by atoms with Crippen molar-refractivity contribution in [2.45, 2.75) is 0 Å². The van der Waals surface area contributed by atoms with Gasteiger partial charge in [-0.15, -0.1) is 0 Å². The van der Waals surface area contributed by atoms with Gasteiger partial charge in [-0.25, -0.2) is 9.12 Å². The third kappa shape index (κ3) is 11.4. The van der Waals surface area contributed by atoms with E-state index in [1.54, 1.807) is 7.00 Å². The Balaban J connectivity index is 0. The van der Waals surface area contributed by atoms with Gasteiger partial charge in [0.1, 0.15) is 0 Å². The van der Waals surface area contributed by atoms with Crippen LogP contribution in [0, 0.1) is 6.82 Å². The molecule has 1 unspecified atom stereocenters. The average molecular weight is 109 g/mol. The van der Waals surface area contributed by atoms with Crippen LogP contribution in [-0.2, 0) is 18.6 Å². The Morgan fingerprint density at radius 1 is 1.75 bits per heavy atom. The van der Waals surface area contributed by atoms with Crippen LogP contribution in [0.3, 0.4) is 0 Å². The molecular formula is CH4BPV-. The van der Waals surface area contributed by atoms with Crippen LogP contribution in [0.2, 0.25) is 0 Å². The van der Waals surface area contributed by atoms with Gasteiger partial charge in [0, 0.05) is 18.6 Å². The Hall–Kier alpha value is 1.08. The molecule has 0 aliphatic carbocycles. The zero-order valence-corrected chi connectivity index (χ0v) is 4.86. The predicted molar refractivity (Wildman–Crippen MR) is 20.8 cm³/mol. The fourth-order valence-electron chi connectivity index (χ4n) is 0. The summed E-state index contributed by atoms with van der Waals surface area (Å²) in [6, 6.07) is 0. The molecule has 0 saturated carbocycles. The Bertz CT molecular complexity index is 8.00. The van der Waals surface area contributed by atoms with Crippen LogP contribution >= 0.6 is 9.12 Å². The largest absolute Gasteiger partial charge is 0.369 e. The summed E-state index contributed by atoms with van der Waals surface area (Å²) < 4.78 is 0. The molecule has 0 amide bonds. The molecule has 3 heteroatoms. The van der Waals surface area contributed by atoms with E-state index in [0.29, 0.717) is 0 Å². The molecular weight excluding hydrogens is 105 g/mol. The summed E-state index contributed by atoms with van der Waals surface area (Å²) in [4.78, 5) is 0. The van der Waals surface area contributed by atoms with Crippen molar-refractivity contribution >= 4 is 16.1 Å².